The first kappa shape index (κ1) is 25.2. The number of non-ortho nitro benzene ring substituents is 1. The maximum absolute atomic E-state index is 13.0. The van der Waals surface area contributed by atoms with Gasteiger partial charge in [-0.3, -0.25) is 19.5 Å². The van der Waals surface area contributed by atoms with Gasteiger partial charge in [0.1, 0.15) is 0 Å². The van der Waals surface area contributed by atoms with Crippen LogP contribution < -0.4 is 10.6 Å². The van der Waals surface area contributed by atoms with Crippen LogP contribution in [0.5, 0.6) is 0 Å². The number of para-hydroxylation sites is 1. The zero-order valence-corrected chi connectivity index (χ0v) is 21.1. The van der Waals surface area contributed by atoms with Crippen LogP contribution >= 0.6 is 23.4 Å². The van der Waals surface area contributed by atoms with Crippen molar-refractivity contribution in [3.05, 3.63) is 99.3 Å². The fourth-order valence-electron chi connectivity index (χ4n) is 3.41. The van der Waals surface area contributed by atoms with Crippen molar-refractivity contribution in [2.75, 3.05) is 10.6 Å². The molecule has 1 atom stereocenters. The van der Waals surface area contributed by atoms with E-state index < -0.39 is 10.2 Å². The van der Waals surface area contributed by atoms with E-state index in [0.717, 1.165) is 16.9 Å². The summed E-state index contributed by atoms with van der Waals surface area (Å²) in [5.74, 6) is 0.357. The fraction of sp³-hybridized carbons (Fsp3) is 0.160. The zero-order chi connectivity index (χ0) is 25.7. The molecule has 1 amide bonds. The first-order chi connectivity index (χ1) is 17.3. The van der Waals surface area contributed by atoms with Crippen LogP contribution in [0.2, 0.25) is 5.02 Å². The number of rotatable bonds is 9. The molecule has 0 aliphatic heterocycles. The lowest BCUT2D eigenvalue weighted by molar-refractivity contribution is -0.384. The number of aromatic nitrogens is 3. The zero-order valence-electron chi connectivity index (χ0n) is 19.5. The number of carbonyl (C=O) groups excluding carboxylic acids is 1. The third-order valence-corrected chi connectivity index (χ3v) is 6.61. The number of carbonyl (C=O) groups is 1. The fourth-order valence-corrected chi connectivity index (χ4v) is 4.49. The van der Waals surface area contributed by atoms with Crippen molar-refractivity contribution in [3.8, 4) is 5.69 Å². The van der Waals surface area contributed by atoms with Crippen molar-refractivity contribution in [2.45, 2.75) is 30.8 Å². The molecular weight excluding hydrogens is 500 g/mol. The van der Waals surface area contributed by atoms with Gasteiger partial charge >= 0.3 is 0 Å². The van der Waals surface area contributed by atoms with E-state index in [2.05, 4.69) is 20.8 Å². The van der Waals surface area contributed by atoms with Gasteiger partial charge in [0.15, 0.2) is 11.0 Å². The second kappa shape index (κ2) is 11.2. The van der Waals surface area contributed by atoms with Gasteiger partial charge in [-0.1, -0.05) is 53.7 Å². The molecule has 4 aromatic rings. The molecule has 184 valence electrons. The molecule has 1 heterocycles. The summed E-state index contributed by atoms with van der Waals surface area (Å²) in [6.45, 7) is 3.92. The number of aryl methyl sites for hydroxylation is 1. The van der Waals surface area contributed by atoms with Crippen LogP contribution in [-0.4, -0.2) is 30.8 Å². The van der Waals surface area contributed by atoms with E-state index in [4.69, 9.17) is 11.6 Å². The number of nitrogens with one attached hydrogen (secondary N) is 2. The molecule has 9 nitrogen and oxygen atoms in total. The number of amides is 1. The molecule has 11 heteroatoms. The van der Waals surface area contributed by atoms with Crippen molar-refractivity contribution in [1.82, 2.24) is 14.8 Å². The van der Waals surface area contributed by atoms with E-state index in [0.29, 0.717) is 28.2 Å². The van der Waals surface area contributed by atoms with Crippen molar-refractivity contribution < 1.29 is 9.72 Å². The average Bonchev–Trinajstić information content (AvgIpc) is 3.26. The molecule has 0 bridgehead atoms. The smallest absolute Gasteiger partial charge is 0.271 e. The monoisotopic (exact) mass is 522 g/mol. The normalized spacial score (nSPS) is 11.6. The molecule has 0 fully saturated rings. The van der Waals surface area contributed by atoms with E-state index >= 15 is 0 Å². The van der Waals surface area contributed by atoms with Gasteiger partial charge in [0.05, 0.1) is 22.4 Å². The topological polar surface area (TPSA) is 115 Å². The highest BCUT2D eigenvalue weighted by molar-refractivity contribution is 8.00. The highest BCUT2D eigenvalue weighted by Crippen LogP contribution is 2.28. The Bertz CT molecular complexity index is 1400. The Morgan fingerprint density at radius 1 is 1.11 bits per heavy atom. The maximum atomic E-state index is 13.0. The maximum Gasteiger partial charge on any atom is 0.271 e. The summed E-state index contributed by atoms with van der Waals surface area (Å²) in [5.41, 5.74) is 2.75. The van der Waals surface area contributed by atoms with Crippen molar-refractivity contribution in [1.29, 1.82) is 0 Å². The van der Waals surface area contributed by atoms with Crippen LogP contribution in [0.15, 0.2) is 78.0 Å². The van der Waals surface area contributed by atoms with Crippen LogP contribution in [0.4, 0.5) is 17.1 Å². The third kappa shape index (κ3) is 6.02. The highest BCUT2D eigenvalue weighted by atomic mass is 35.5. The Morgan fingerprint density at radius 3 is 2.61 bits per heavy atom. The Labute approximate surface area is 217 Å². The van der Waals surface area contributed by atoms with E-state index in [1.165, 1.54) is 23.9 Å². The van der Waals surface area contributed by atoms with Crippen molar-refractivity contribution in [2.24, 2.45) is 0 Å². The van der Waals surface area contributed by atoms with Gasteiger partial charge < -0.3 is 10.6 Å². The van der Waals surface area contributed by atoms with Crippen LogP contribution in [0.25, 0.3) is 5.69 Å². The minimum Gasteiger partial charge on any atom is -0.378 e. The number of hydrogen-bond acceptors (Lipinski definition) is 7. The lowest BCUT2D eigenvalue weighted by Crippen LogP contribution is -2.23. The minimum absolute atomic E-state index is 0.0862. The SMILES string of the molecule is Cc1ccc([N+](=O)[O-])cc1NC(=O)[C@H](C)Sc1nnc(CNc2cccc(Cl)c2)n1-c1ccccc1. The van der Waals surface area contributed by atoms with E-state index in [9.17, 15) is 14.9 Å². The van der Waals surface area contributed by atoms with Gasteiger partial charge in [-0.2, -0.15) is 0 Å². The summed E-state index contributed by atoms with van der Waals surface area (Å²) in [7, 11) is 0. The quantitative estimate of drug-likeness (QED) is 0.160. The van der Waals surface area contributed by atoms with Gasteiger partial charge in [0, 0.05) is 28.5 Å². The number of thioether (sulfide) groups is 1. The van der Waals surface area contributed by atoms with Gasteiger partial charge in [-0.25, -0.2) is 0 Å². The van der Waals surface area contributed by atoms with Gasteiger partial charge in [0.25, 0.3) is 5.69 Å². The Morgan fingerprint density at radius 2 is 1.89 bits per heavy atom. The summed E-state index contributed by atoms with van der Waals surface area (Å²) in [5, 5.41) is 26.5. The van der Waals surface area contributed by atoms with Crippen LogP contribution in [0.3, 0.4) is 0 Å². The average molecular weight is 523 g/mol. The number of nitro benzene ring substituents is 1. The number of halogens is 1. The summed E-state index contributed by atoms with van der Waals surface area (Å²) in [6, 6.07) is 21.4. The third-order valence-electron chi connectivity index (χ3n) is 5.33. The Balaban J connectivity index is 1.54. The van der Waals surface area contributed by atoms with E-state index in [1.807, 2.05) is 53.1 Å². The molecule has 1 aromatic heterocycles. The molecule has 2 N–H and O–H groups in total. The lowest BCUT2D eigenvalue weighted by Gasteiger charge is -2.15. The molecule has 36 heavy (non-hydrogen) atoms. The van der Waals surface area contributed by atoms with Crippen LogP contribution in [0.1, 0.15) is 18.3 Å². The first-order valence-electron chi connectivity index (χ1n) is 11.0. The molecule has 0 aliphatic carbocycles. The Kier molecular flexibility index (Phi) is 7.87. The summed E-state index contributed by atoms with van der Waals surface area (Å²) in [4.78, 5) is 23.6. The molecule has 3 aromatic carbocycles. The largest absolute Gasteiger partial charge is 0.378 e. The number of nitrogens with zero attached hydrogens (tertiary/aromatic N) is 4. The van der Waals surface area contributed by atoms with Crippen molar-refractivity contribution >= 4 is 46.3 Å². The van der Waals surface area contributed by atoms with Crippen LogP contribution in [-0.2, 0) is 11.3 Å². The standard InChI is InChI=1S/C25H23ClN6O3S/c1-16-11-12-21(32(34)35)14-22(16)28-24(33)17(2)36-25-30-29-23(31(25)20-9-4-3-5-10-20)15-27-19-8-6-7-18(26)13-19/h3-14,17,27H,15H2,1-2H3,(H,28,33)/t17-/m0/s1. The molecular formula is C25H23ClN6O3S. The molecule has 4 rings (SSSR count). The molecule has 0 saturated heterocycles. The second-order valence-corrected chi connectivity index (χ2v) is 9.68. The summed E-state index contributed by atoms with van der Waals surface area (Å²) >= 11 is 7.34. The van der Waals surface area contributed by atoms with E-state index in [-0.39, 0.29) is 11.6 Å². The number of hydrogen-bond donors (Lipinski definition) is 2. The molecule has 0 saturated carbocycles. The predicted octanol–water partition coefficient (Wildman–Crippen LogP) is 5.87. The number of nitro groups is 1. The molecule has 0 unspecified atom stereocenters. The molecule has 0 aliphatic rings. The molecule has 0 spiro atoms. The van der Waals surface area contributed by atoms with Crippen LogP contribution in [0, 0.1) is 17.0 Å². The Hall–Kier alpha value is -3.89. The minimum atomic E-state index is -0.552. The molecule has 0 radical (unpaired) electrons. The summed E-state index contributed by atoms with van der Waals surface area (Å²) < 4.78 is 1.89. The highest BCUT2D eigenvalue weighted by Gasteiger charge is 2.22. The van der Waals surface area contributed by atoms with Gasteiger partial charge in [-0.05, 0) is 49.7 Å². The van der Waals surface area contributed by atoms with E-state index in [1.54, 1.807) is 26.0 Å². The van der Waals surface area contributed by atoms with Gasteiger partial charge in [0.2, 0.25) is 5.91 Å². The van der Waals surface area contributed by atoms with Crippen molar-refractivity contribution in [3.63, 3.8) is 0 Å². The number of benzene rings is 3. The summed E-state index contributed by atoms with van der Waals surface area (Å²) in [6.07, 6.45) is 0. The number of anilines is 2. The second-order valence-electron chi connectivity index (χ2n) is 7.94. The predicted molar refractivity (Wildman–Crippen MR) is 142 cm³/mol. The van der Waals surface area contributed by atoms with Gasteiger partial charge in [-0.15, -0.1) is 10.2 Å². The lowest BCUT2D eigenvalue weighted by atomic mass is 10.2. The first-order valence-corrected chi connectivity index (χ1v) is 12.3.